The van der Waals surface area contributed by atoms with E-state index in [1.807, 2.05) is 0 Å². The molecule has 0 saturated heterocycles. The molecule has 2 rings (SSSR count). The second kappa shape index (κ2) is 9.10. The number of aliphatic imine (C=N–C) groups is 1. The van der Waals surface area contributed by atoms with Crippen molar-refractivity contribution in [2.45, 2.75) is 18.7 Å². The predicted molar refractivity (Wildman–Crippen MR) is 95.0 cm³/mol. The summed E-state index contributed by atoms with van der Waals surface area (Å²) in [6.45, 7) is 0. The monoisotopic (exact) mass is 433 g/mol. The molecule has 0 heterocycles. The summed E-state index contributed by atoms with van der Waals surface area (Å²) in [5, 5.41) is 0. The molecule has 2 aromatic carbocycles. The standard InChI is InChI=1S/C20H14F7NO2/c1-28-17(19(23,24)18(29)15-10-7-13(21)11-16(15)22)4-2-3-12-5-8-14(9-6-12)30-20(25,26)27/h2,4-11H,3H2,1H3/b4-2-,28-17?. The summed E-state index contributed by atoms with van der Waals surface area (Å²) in [5.74, 6) is -8.97. The Morgan fingerprint density at radius 1 is 1.03 bits per heavy atom. The van der Waals surface area contributed by atoms with Gasteiger partial charge in [0.25, 0.3) is 0 Å². The van der Waals surface area contributed by atoms with Crippen LogP contribution in [0.5, 0.6) is 5.75 Å². The first-order valence-corrected chi connectivity index (χ1v) is 8.30. The number of rotatable bonds is 7. The van der Waals surface area contributed by atoms with E-state index in [1.165, 1.54) is 18.2 Å². The predicted octanol–water partition coefficient (Wildman–Crippen LogP) is 5.55. The first-order valence-electron chi connectivity index (χ1n) is 8.30. The number of ketones is 1. The van der Waals surface area contributed by atoms with Crippen LogP contribution in [0, 0.1) is 11.6 Å². The molecule has 160 valence electrons. The molecule has 0 unspecified atom stereocenters. The van der Waals surface area contributed by atoms with Gasteiger partial charge in [-0.1, -0.05) is 18.2 Å². The van der Waals surface area contributed by atoms with Crippen LogP contribution in [-0.4, -0.2) is 30.8 Å². The molecule has 0 atom stereocenters. The molecule has 2 aromatic rings. The van der Waals surface area contributed by atoms with E-state index in [0.29, 0.717) is 23.8 Å². The zero-order chi connectivity index (χ0) is 22.5. The van der Waals surface area contributed by atoms with Gasteiger partial charge in [-0.15, -0.1) is 13.2 Å². The zero-order valence-electron chi connectivity index (χ0n) is 15.3. The number of hydrogen-bond acceptors (Lipinski definition) is 3. The van der Waals surface area contributed by atoms with Crippen LogP contribution in [-0.2, 0) is 6.42 Å². The van der Waals surface area contributed by atoms with Crippen LogP contribution in [0.25, 0.3) is 0 Å². The Morgan fingerprint density at radius 3 is 2.20 bits per heavy atom. The molecule has 0 radical (unpaired) electrons. The normalized spacial score (nSPS) is 13.0. The summed E-state index contributed by atoms with van der Waals surface area (Å²) in [7, 11) is 1.01. The van der Waals surface area contributed by atoms with Gasteiger partial charge in [-0.05, 0) is 42.3 Å². The van der Waals surface area contributed by atoms with Crippen LogP contribution in [0.1, 0.15) is 15.9 Å². The third-order valence-electron chi connectivity index (χ3n) is 3.81. The van der Waals surface area contributed by atoms with Gasteiger partial charge in [0.2, 0.25) is 5.78 Å². The number of nitrogens with zero attached hydrogens (tertiary/aromatic N) is 1. The van der Waals surface area contributed by atoms with Gasteiger partial charge >= 0.3 is 12.3 Å². The van der Waals surface area contributed by atoms with E-state index in [0.717, 1.165) is 25.3 Å². The van der Waals surface area contributed by atoms with Gasteiger partial charge in [0.15, 0.2) is 0 Å². The van der Waals surface area contributed by atoms with Gasteiger partial charge in [0.05, 0.1) is 5.56 Å². The van der Waals surface area contributed by atoms with Crippen molar-refractivity contribution in [3.63, 3.8) is 0 Å². The Balaban J connectivity index is 2.11. The van der Waals surface area contributed by atoms with Crippen molar-refractivity contribution in [1.29, 1.82) is 0 Å². The SMILES string of the molecule is CN=C(/C=C\Cc1ccc(OC(F)(F)F)cc1)C(F)(F)C(=O)c1ccc(F)cc1F. The Labute approximate surface area is 166 Å². The molecule has 0 spiro atoms. The third kappa shape index (κ3) is 5.91. The summed E-state index contributed by atoms with van der Waals surface area (Å²) >= 11 is 0. The number of hydrogen-bond donors (Lipinski definition) is 0. The highest BCUT2D eigenvalue weighted by Crippen LogP contribution is 2.26. The van der Waals surface area contributed by atoms with Crippen LogP contribution in [0.15, 0.2) is 59.6 Å². The Hall–Kier alpha value is -3.17. The number of halogens is 7. The Kier molecular flexibility index (Phi) is 7.01. The van der Waals surface area contributed by atoms with E-state index < -0.39 is 46.7 Å². The first-order chi connectivity index (χ1) is 13.9. The smallest absolute Gasteiger partial charge is 0.406 e. The van der Waals surface area contributed by atoms with Crippen LogP contribution in [0.3, 0.4) is 0 Å². The van der Waals surface area contributed by atoms with Gasteiger partial charge < -0.3 is 4.74 Å². The molecule has 0 amide bonds. The Morgan fingerprint density at radius 2 is 1.67 bits per heavy atom. The number of benzene rings is 2. The van der Waals surface area contributed by atoms with Gasteiger partial charge in [-0.25, -0.2) is 8.78 Å². The molecule has 0 saturated carbocycles. The minimum Gasteiger partial charge on any atom is -0.406 e. The molecule has 0 aliphatic heterocycles. The molecule has 0 N–H and O–H groups in total. The fourth-order valence-corrected chi connectivity index (χ4v) is 2.41. The molecule has 0 bridgehead atoms. The number of ether oxygens (including phenoxy) is 1. The molecular weight excluding hydrogens is 419 g/mol. The molecule has 0 aromatic heterocycles. The van der Waals surface area contributed by atoms with E-state index >= 15 is 0 Å². The first kappa shape index (κ1) is 23.1. The van der Waals surface area contributed by atoms with Gasteiger partial charge in [0, 0.05) is 13.1 Å². The Bertz CT molecular complexity index is 964. The lowest BCUT2D eigenvalue weighted by Gasteiger charge is -2.15. The fraction of sp³-hybridized carbons (Fsp3) is 0.200. The lowest BCUT2D eigenvalue weighted by atomic mass is 10.00. The summed E-state index contributed by atoms with van der Waals surface area (Å²) in [6.07, 6.45) is -2.75. The van der Waals surface area contributed by atoms with Crippen molar-refractivity contribution in [3.05, 3.63) is 77.4 Å². The maximum absolute atomic E-state index is 14.5. The van der Waals surface area contributed by atoms with Crippen molar-refractivity contribution in [3.8, 4) is 5.75 Å². The minimum absolute atomic E-state index is 0.0283. The van der Waals surface area contributed by atoms with Gasteiger partial charge in [-0.3, -0.25) is 9.79 Å². The van der Waals surface area contributed by atoms with Crippen LogP contribution >= 0.6 is 0 Å². The lowest BCUT2D eigenvalue weighted by Crippen LogP contribution is -2.37. The topological polar surface area (TPSA) is 38.7 Å². The fourth-order valence-electron chi connectivity index (χ4n) is 2.41. The van der Waals surface area contributed by atoms with Gasteiger partial charge in [-0.2, -0.15) is 8.78 Å². The van der Waals surface area contributed by atoms with Crippen molar-refractivity contribution < 1.29 is 40.3 Å². The van der Waals surface area contributed by atoms with E-state index in [9.17, 15) is 35.5 Å². The van der Waals surface area contributed by atoms with Crippen LogP contribution in [0.4, 0.5) is 30.7 Å². The summed E-state index contributed by atoms with van der Waals surface area (Å²) in [6, 6.07) is 6.31. The summed E-state index contributed by atoms with van der Waals surface area (Å²) in [5.41, 5.74) is -1.49. The summed E-state index contributed by atoms with van der Waals surface area (Å²) in [4.78, 5) is 15.4. The van der Waals surface area contributed by atoms with Crippen molar-refractivity contribution >= 4 is 11.5 Å². The average molecular weight is 433 g/mol. The van der Waals surface area contributed by atoms with E-state index in [2.05, 4.69) is 9.73 Å². The molecule has 30 heavy (non-hydrogen) atoms. The second-order valence-corrected chi connectivity index (χ2v) is 5.93. The lowest BCUT2D eigenvalue weighted by molar-refractivity contribution is -0.274. The van der Waals surface area contributed by atoms with E-state index in [4.69, 9.17) is 0 Å². The quantitative estimate of drug-likeness (QED) is 0.326. The van der Waals surface area contributed by atoms with Crippen molar-refractivity contribution in [2.24, 2.45) is 4.99 Å². The molecule has 0 fully saturated rings. The number of allylic oxidation sites excluding steroid dienone is 2. The molecule has 0 aliphatic rings. The molecule has 10 heteroatoms. The van der Waals surface area contributed by atoms with Crippen LogP contribution in [0.2, 0.25) is 0 Å². The van der Waals surface area contributed by atoms with Gasteiger partial charge in [0.1, 0.15) is 23.1 Å². The number of carbonyl (C=O) groups is 1. The molecule has 0 aliphatic carbocycles. The van der Waals surface area contributed by atoms with E-state index in [-0.39, 0.29) is 6.42 Å². The minimum atomic E-state index is -4.84. The van der Waals surface area contributed by atoms with Crippen molar-refractivity contribution in [2.75, 3.05) is 7.05 Å². The maximum atomic E-state index is 14.5. The third-order valence-corrected chi connectivity index (χ3v) is 3.81. The highest BCUT2D eigenvalue weighted by molar-refractivity contribution is 6.21. The highest BCUT2D eigenvalue weighted by atomic mass is 19.4. The zero-order valence-corrected chi connectivity index (χ0v) is 15.3. The maximum Gasteiger partial charge on any atom is 0.573 e. The largest absolute Gasteiger partial charge is 0.573 e. The molecular formula is C20H14F7NO2. The second-order valence-electron chi connectivity index (χ2n) is 5.93. The average Bonchev–Trinajstić information content (AvgIpc) is 2.64. The van der Waals surface area contributed by atoms with Crippen molar-refractivity contribution in [1.82, 2.24) is 0 Å². The number of carbonyl (C=O) groups excluding carboxylic acids is 1. The number of alkyl halides is 5. The summed E-state index contributed by atoms with van der Waals surface area (Å²) < 4.78 is 95.6. The highest BCUT2D eigenvalue weighted by Gasteiger charge is 2.44. The molecule has 3 nitrogen and oxygen atoms in total. The van der Waals surface area contributed by atoms with Crippen LogP contribution < -0.4 is 4.74 Å². The number of Topliss-reactive ketones (excluding diaryl/α,β-unsaturated/α-hetero) is 1. The van der Waals surface area contributed by atoms with E-state index in [1.54, 1.807) is 0 Å².